The minimum Gasteiger partial charge on any atom is -0.314 e. The molecule has 0 aromatic heterocycles. The molecule has 0 atom stereocenters. The van der Waals surface area contributed by atoms with Crippen LogP contribution in [0.5, 0.6) is 0 Å². The topological polar surface area (TPSA) is 87.9 Å². The third-order valence-electron chi connectivity index (χ3n) is 6.44. The molecule has 8 nitrogen and oxygen atoms in total. The Morgan fingerprint density at radius 2 is 1.89 bits per heavy atom. The number of azide groups is 1. The van der Waals surface area contributed by atoms with Crippen molar-refractivity contribution in [3.05, 3.63) is 86.7 Å². The van der Waals surface area contributed by atoms with Crippen LogP contribution in [-0.2, 0) is 24.1 Å². The van der Waals surface area contributed by atoms with Gasteiger partial charge in [-0.05, 0) is 34.9 Å². The fraction of sp³-hybridized carbons (Fsp3) is 0.333. The number of hydrogen-bond acceptors (Lipinski definition) is 5. The molecule has 12 heteroatoms. The second-order valence-corrected chi connectivity index (χ2v) is 8.78. The van der Waals surface area contributed by atoms with Gasteiger partial charge in [0.05, 0.1) is 24.2 Å². The van der Waals surface area contributed by atoms with E-state index in [0.29, 0.717) is 62.4 Å². The number of aliphatic imine (C=N–C) groups is 1. The predicted molar refractivity (Wildman–Crippen MR) is 123 cm³/mol. The van der Waals surface area contributed by atoms with Gasteiger partial charge in [-0.2, -0.15) is 13.2 Å². The highest BCUT2D eigenvalue weighted by Crippen LogP contribution is 2.34. The van der Waals surface area contributed by atoms with E-state index in [-0.39, 0.29) is 18.0 Å². The minimum absolute atomic E-state index is 0.0891. The lowest BCUT2D eigenvalue weighted by Gasteiger charge is -2.42. The van der Waals surface area contributed by atoms with Gasteiger partial charge in [0, 0.05) is 48.9 Å². The molecule has 3 aliphatic heterocycles. The molecule has 0 saturated carbocycles. The summed E-state index contributed by atoms with van der Waals surface area (Å²) in [6.45, 7) is 2.64. The lowest BCUT2D eigenvalue weighted by atomic mass is 9.99. The summed E-state index contributed by atoms with van der Waals surface area (Å²) in [5.41, 5.74) is 10.5. The monoisotopic (exact) mass is 499 g/mol. The molecular formula is C24H21F4N7O. The number of fused-ring (bicyclic) bond motifs is 2. The number of amides is 1. The van der Waals surface area contributed by atoms with Gasteiger partial charge >= 0.3 is 6.18 Å². The predicted octanol–water partition coefficient (Wildman–Crippen LogP) is 4.96. The van der Waals surface area contributed by atoms with E-state index in [4.69, 9.17) is 5.53 Å². The molecule has 0 fully saturated rings. The van der Waals surface area contributed by atoms with Gasteiger partial charge in [-0.3, -0.25) is 19.6 Å². The quantitative estimate of drug-likeness (QED) is 0.252. The van der Waals surface area contributed by atoms with Crippen LogP contribution in [0.4, 0.5) is 23.2 Å². The summed E-state index contributed by atoms with van der Waals surface area (Å²) in [6, 6.07) is 9.93. The van der Waals surface area contributed by atoms with Crippen LogP contribution in [0.2, 0.25) is 0 Å². The van der Waals surface area contributed by atoms with Crippen molar-refractivity contribution in [3.63, 3.8) is 0 Å². The maximum Gasteiger partial charge on any atom is 0.419 e. The standard InChI is InChI=1S/C24H21F4N7O/c25-20-11-16(4-5-19(20)24(26,27)28)13-35-22(36)18-14-33(8-6-21(18)34-9-7-30-23(34)35)12-15-2-1-3-17(10-15)31-32-29/h1-5,10-11H,6-9,12-14H2. The van der Waals surface area contributed by atoms with Crippen LogP contribution in [0.25, 0.3) is 10.4 Å². The molecule has 0 bridgehead atoms. The first-order valence-corrected chi connectivity index (χ1v) is 11.3. The van der Waals surface area contributed by atoms with E-state index in [1.807, 2.05) is 11.0 Å². The number of carbonyl (C=O) groups excluding carboxylic acids is 1. The first-order chi connectivity index (χ1) is 17.2. The van der Waals surface area contributed by atoms with Crippen LogP contribution in [0.15, 0.2) is 63.8 Å². The summed E-state index contributed by atoms with van der Waals surface area (Å²) in [4.78, 5) is 26.3. The maximum atomic E-state index is 14.2. The minimum atomic E-state index is -4.79. The molecule has 0 saturated heterocycles. The van der Waals surface area contributed by atoms with E-state index in [9.17, 15) is 22.4 Å². The number of carbonyl (C=O) groups is 1. The van der Waals surface area contributed by atoms with Crippen molar-refractivity contribution in [1.29, 1.82) is 0 Å². The molecular weight excluding hydrogens is 478 g/mol. The molecule has 186 valence electrons. The van der Waals surface area contributed by atoms with E-state index < -0.39 is 17.6 Å². The second-order valence-electron chi connectivity index (χ2n) is 8.78. The van der Waals surface area contributed by atoms with Crippen molar-refractivity contribution in [2.24, 2.45) is 10.1 Å². The third-order valence-corrected chi connectivity index (χ3v) is 6.44. The fourth-order valence-electron chi connectivity index (χ4n) is 4.85. The van der Waals surface area contributed by atoms with Gasteiger partial charge in [-0.25, -0.2) is 4.39 Å². The van der Waals surface area contributed by atoms with Crippen LogP contribution in [0.3, 0.4) is 0 Å². The molecule has 5 rings (SSSR count). The van der Waals surface area contributed by atoms with E-state index in [1.54, 1.807) is 18.2 Å². The molecule has 2 aromatic rings. The van der Waals surface area contributed by atoms with Crippen molar-refractivity contribution in [2.45, 2.75) is 25.7 Å². The van der Waals surface area contributed by atoms with Crippen LogP contribution < -0.4 is 0 Å². The number of halogens is 4. The average Bonchev–Trinajstić information content (AvgIpc) is 3.31. The smallest absolute Gasteiger partial charge is 0.314 e. The molecule has 1 amide bonds. The summed E-state index contributed by atoms with van der Waals surface area (Å²) in [5.74, 6) is -1.20. The lowest BCUT2D eigenvalue weighted by molar-refractivity contribution is -0.140. The zero-order chi connectivity index (χ0) is 25.4. The SMILES string of the molecule is [N-]=[N+]=Nc1cccc(CN2CCC3=C(C2)C(=O)N(Cc2ccc(C(F)(F)F)c(F)c2)C2=NCCN23)c1. The Hall–Kier alpha value is -3.89. The second kappa shape index (κ2) is 9.29. The van der Waals surface area contributed by atoms with Crippen LogP contribution in [-0.4, -0.2) is 52.7 Å². The van der Waals surface area contributed by atoms with E-state index >= 15 is 0 Å². The summed E-state index contributed by atoms with van der Waals surface area (Å²) in [7, 11) is 0. The maximum absolute atomic E-state index is 14.2. The molecule has 2 aromatic carbocycles. The van der Waals surface area contributed by atoms with E-state index in [0.717, 1.165) is 17.3 Å². The first kappa shape index (κ1) is 23.8. The first-order valence-electron chi connectivity index (χ1n) is 11.3. The van der Waals surface area contributed by atoms with Gasteiger partial charge < -0.3 is 4.90 Å². The Bertz CT molecular complexity index is 1330. The molecule has 0 N–H and O–H groups in total. The van der Waals surface area contributed by atoms with Crippen molar-refractivity contribution >= 4 is 17.6 Å². The highest BCUT2D eigenvalue weighted by Gasteiger charge is 2.41. The summed E-state index contributed by atoms with van der Waals surface area (Å²) in [5, 5.41) is 3.63. The van der Waals surface area contributed by atoms with Crippen molar-refractivity contribution in [2.75, 3.05) is 26.2 Å². The fourth-order valence-corrected chi connectivity index (χ4v) is 4.85. The van der Waals surface area contributed by atoms with Crippen molar-refractivity contribution < 1.29 is 22.4 Å². The number of rotatable bonds is 5. The Balaban J connectivity index is 1.38. The van der Waals surface area contributed by atoms with Crippen LogP contribution >= 0.6 is 0 Å². The normalized spacial score (nSPS) is 18.1. The number of benzene rings is 2. The molecule has 0 spiro atoms. The molecule has 36 heavy (non-hydrogen) atoms. The Labute approximate surface area is 203 Å². The van der Waals surface area contributed by atoms with Crippen LogP contribution in [0, 0.1) is 5.82 Å². The largest absolute Gasteiger partial charge is 0.419 e. The Morgan fingerprint density at radius 1 is 1.08 bits per heavy atom. The summed E-state index contributed by atoms with van der Waals surface area (Å²) < 4.78 is 53.0. The number of alkyl halides is 3. The summed E-state index contributed by atoms with van der Waals surface area (Å²) >= 11 is 0. The lowest BCUT2D eigenvalue weighted by Crippen LogP contribution is -2.53. The molecule has 3 aliphatic rings. The Morgan fingerprint density at radius 3 is 2.64 bits per heavy atom. The Kier molecular flexibility index (Phi) is 6.15. The van der Waals surface area contributed by atoms with Crippen molar-refractivity contribution in [1.82, 2.24) is 14.7 Å². The zero-order valence-corrected chi connectivity index (χ0v) is 19.0. The average molecular weight is 499 g/mol. The number of guanidine groups is 1. The van der Waals surface area contributed by atoms with Gasteiger partial charge in [0.15, 0.2) is 0 Å². The van der Waals surface area contributed by atoms with Crippen LogP contribution in [0.1, 0.15) is 23.1 Å². The van der Waals surface area contributed by atoms with Gasteiger partial charge in [0.2, 0.25) is 5.96 Å². The molecule has 0 radical (unpaired) electrons. The number of hydrogen-bond donors (Lipinski definition) is 0. The van der Waals surface area contributed by atoms with Gasteiger partial charge in [-0.15, -0.1) is 0 Å². The molecule has 0 aliphatic carbocycles. The molecule has 0 unspecified atom stereocenters. The molecule has 3 heterocycles. The summed E-state index contributed by atoms with van der Waals surface area (Å²) in [6.07, 6.45) is -4.15. The van der Waals surface area contributed by atoms with Crippen molar-refractivity contribution in [3.8, 4) is 0 Å². The van der Waals surface area contributed by atoms with E-state index in [1.165, 1.54) is 11.0 Å². The van der Waals surface area contributed by atoms with Gasteiger partial charge in [0.25, 0.3) is 5.91 Å². The highest BCUT2D eigenvalue weighted by molar-refractivity contribution is 6.09. The highest BCUT2D eigenvalue weighted by atomic mass is 19.4. The number of nitrogens with zero attached hydrogens (tertiary/aromatic N) is 7. The third kappa shape index (κ3) is 4.52. The van der Waals surface area contributed by atoms with Gasteiger partial charge in [0.1, 0.15) is 5.82 Å². The van der Waals surface area contributed by atoms with E-state index in [2.05, 4.69) is 19.9 Å². The zero-order valence-electron chi connectivity index (χ0n) is 19.0. The van der Waals surface area contributed by atoms with Gasteiger partial charge in [-0.1, -0.05) is 29.4 Å².